The number of rotatable bonds is 5. The van der Waals surface area contributed by atoms with Crippen LogP contribution in [0.5, 0.6) is 0 Å². The second-order valence-electron chi connectivity index (χ2n) is 4.97. The zero-order valence-electron chi connectivity index (χ0n) is 11.7. The van der Waals surface area contributed by atoms with Crippen LogP contribution in [-0.2, 0) is 4.74 Å². The molecule has 0 amide bonds. The zero-order chi connectivity index (χ0) is 14.5. The van der Waals surface area contributed by atoms with Crippen LogP contribution in [0, 0.1) is 5.92 Å². The number of hydrogen-bond acceptors (Lipinski definition) is 6. The van der Waals surface area contributed by atoms with E-state index in [1.54, 1.807) is 19.2 Å². The molecule has 0 spiro atoms. The quantitative estimate of drug-likeness (QED) is 0.783. The summed E-state index contributed by atoms with van der Waals surface area (Å²) in [6.07, 6.45) is 3.33. The van der Waals surface area contributed by atoms with Crippen LogP contribution in [0.3, 0.4) is 0 Å². The second kappa shape index (κ2) is 6.56. The molecule has 0 bridgehead atoms. The standard InChI is InChI=1S/C14H21N3O3/c1-2-20-14(19)12-7-11(15)8-16-13(12)17-5-3-10(9-17)4-6-18/h7-8,10,18H,2-6,9,15H2,1H3. The monoisotopic (exact) mass is 279 g/mol. The summed E-state index contributed by atoms with van der Waals surface area (Å²) in [7, 11) is 0. The molecule has 0 saturated carbocycles. The maximum atomic E-state index is 12.0. The molecule has 2 rings (SSSR count). The minimum absolute atomic E-state index is 0.193. The molecule has 1 aromatic heterocycles. The number of anilines is 2. The molecule has 1 atom stereocenters. The van der Waals surface area contributed by atoms with E-state index in [2.05, 4.69) is 9.88 Å². The van der Waals surface area contributed by atoms with Gasteiger partial charge in [-0.3, -0.25) is 0 Å². The van der Waals surface area contributed by atoms with E-state index >= 15 is 0 Å². The molecule has 6 heteroatoms. The molecule has 2 heterocycles. The van der Waals surface area contributed by atoms with Gasteiger partial charge in [-0.1, -0.05) is 0 Å². The fraction of sp³-hybridized carbons (Fsp3) is 0.571. The topological polar surface area (TPSA) is 88.7 Å². The largest absolute Gasteiger partial charge is 0.462 e. The molecule has 1 fully saturated rings. The fourth-order valence-corrected chi connectivity index (χ4v) is 2.53. The molecule has 1 aliphatic heterocycles. The Kier molecular flexibility index (Phi) is 4.79. The summed E-state index contributed by atoms with van der Waals surface area (Å²) < 4.78 is 5.06. The molecule has 0 aliphatic carbocycles. The number of carbonyl (C=O) groups excluding carboxylic acids is 1. The lowest BCUT2D eigenvalue weighted by molar-refractivity contribution is 0.0526. The summed E-state index contributed by atoms with van der Waals surface area (Å²) >= 11 is 0. The minimum Gasteiger partial charge on any atom is -0.462 e. The van der Waals surface area contributed by atoms with Crippen LogP contribution in [0.4, 0.5) is 11.5 Å². The van der Waals surface area contributed by atoms with Crippen LogP contribution >= 0.6 is 0 Å². The van der Waals surface area contributed by atoms with Gasteiger partial charge in [-0.05, 0) is 31.7 Å². The number of nitrogens with zero attached hydrogens (tertiary/aromatic N) is 2. The van der Waals surface area contributed by atoms with Crippen molar-refractivity contribution in [1.29, 1.82) is 0 Å². The van der Waals surface area contributed by atoms with Crippen molar-refractivity contribution in [3.8, 4) is 0 Å². The second-order valence-corrected chi connectivity index (χ2v) is 4.97. The van der Waals surface area contributed by atoms with E-state index in [1.807, 2.05) is 0 Å². The van der Waals surface area contributed by atoms with Crippen molar-refractivity contribution in [2.75, 3.05) is 36.9 Å². The van der Waals surface area contributed by atoms with E-state index in [0.29, 0.717) is 29.6 Å². The number of ether oxygens (including phenoxy) is 1. The lowest BCUT2D eigenvalue weighted by atomic mass is 10.1. The van der Waals surface area contributed by atoms with Crippen molar-refractivity contribution >= 4 is 17.5 Å². The van der Waals surface area contributed by atoms with E-state index in [4.69, 9.17) is 15.6 Å². The van der Waals surface area contributed by atoms with Crippen LogP contribution in [0.15, 0.2) is 12.3 Å². The average molecular weight is 279 g/mol. The highest BCUT2D eigenvalue weighted by Gasteiger charge is 2.27. The first-order valence-corrected chi connectivity index (χ1v) is 6.94. The molecule has 1 aromatic rings. The molecule has 1 saturated heterocycles. The third-order valence-electron chi connectivity index (χ3n) is 3.51. The average Bonchev–Trinajstić information content (AvgIpc) is 2.88. The number of hydrogen-bond donors (Lipinski definition) is 2. The van der Waals surface area contributed by atoms with Crippen LogP contribution in [0.1, 0.15) is 30.1 Å². The fourth-order valence-electron chi connectivity index (χ4n) is 2.53. The van der Waals surface area contributed by atoms with Crippen LogP contribution in [-0.4, -0.2) is 42.4 Å². The number of aliphatic hydroxyl groups is 1. The van der Waals surface area contributed by atoms with Gasteiger partial charge in [0.1, 0.15) is 11.4 Å². The Morgan fingerprint density at radius 1 is 1.65 bits per heavy atom. The zero-order valence-corrected chi connectivity index (χ0v) is 11.7. The van der Waals surface area contributed by atoms with Gasteiger partial charge in [0.15, 0.2) is 0 Å². The number of pyridine rings is 1. The third kappa shape index (κ3) is 3.19. The smallest absolute Gasteiger partial charge is 0.341 e. The van der Waals surface area contributed by atoms with Gasteiger partial charge in [0.05, 0.1) is 18.5 Å². The normalized spacial score (nSPS) is 18.3. The Balaban J connectivity index is 2.21. The molecule has 20 heavy (non-hydrogen) atoms. The molecular formula is C14H21N3O3. The number of esters is 1. The highest BCUT2D eigenvalue weighted by molar-refractivity contribution is 5.95. The third-order valence-corrected chi connectivity index (χ3v) is 3.51. The summed E-state index contributed by atoms with van der Waals surface area (Å²) in [5, 5.41) is 9.01. The molecule has 0 radical (unpaired) electrons. The van der Waals surface area contributed by atoms with E-state index in [-0.39, 0.29) is 6.61 Å². The van der Waals surface area contributed by atoms with E-state index in [1.165, 1.54) is 0 Å². The number of carbonyl (C=O) groups is 1. The highest BCUT2D eigenvalue weighted by atomic mass is 16.5. The lowest BCUT2D eigenvalue weighted by Crippen LogP contribution is -2.24. The SMILES string of the molecule is CCOC(=O)c1cc(N)cnc1N1CCC(CCO)C1. The molecule has 110 valence electrons. The summed E-state index contributed by atoms with van der Waals surface area (Å²) in [5.41, 5.74) is 6.57. The first kappa shape index (κ1) is 14.6. The molecule has 6 nitrogen and oxygen atoms in total. The van der Waals surface area contributed by atoms with Crippen LogP contribution in [0.2, 0.25) is 0 Å². The molecule has 1 unspecified atom stereocenters. The first-order chi connectivity index (χ1) is 9.65. The van der Waals surface area contributed by atoms with Gasteiger partial charge in [-0.2, -0.15) is 0 Å². The number of nitrogen functional groups attached to an aromatic ring is 1. The van der Waals surface area contributed by atoms with Crippen molar-refractivity contribution in [1.82, 2.24) is 4.98 Å². The van der Waals surface area contributed by atoms with Gasteiger partial charge >= 0.3 is 5.97 Å². The maximum absolute atomic E-state index is 12.0. The Morgan fingerprint density at radius 3 is 3.15 bits per heavy atom. The van der Waals surface area contributed by atoms with E-state index in [0.717, 1.165) is 25.9 Å². The summed E-state index contributed by atoms with van der Waals surface area (Å²) in [5.74, 6) is 0.667. The van der Waals surface area contributed by atoms with Gasteiger partial charge in [-0.15, -0.1) is 0 Å². The highest BCUT2D eigenvalue weighted by Crippen LogP contribution is 2.28. The summed E-state index contributed by atoms with van der Waals surface area (Å²) in [6.45, 7) is 3.90. The predicted molar refractivity (Wildman–Crippen MR) is 76.6 cm³/mol. The lowest BCUT2D eigenvalue weighted by Gasteiger charge is -2.20. The molecule has 0 aromatic carbocycles. The van der Waals surface area contributed by atoms with Gasteiger partial charge in [0.2, 0.25) is 0 Å². The van der Waals surface area contributed by atoms with Gasteiger partial charge < -0.3 is 20.5 Å². The van der Waals surface area contributed by atoms with Crippen molar-refractivity contribution in [3.05, 3.63) is 17.8 Å². The van der Waals surface area contributed by atoms with Crippen molar-refractivity contribution in [3.63, 3.8) is 0 Å². The first-order valence-electron chi connectivity index (χ1n) is 6.94. The Bertz CT molecular complexity index is 479. The van der Waals surface area contributed by atoms with Crippen molar-refractivity contribution in [2.45, 2.75) is 19.8 Å². The molecular weight excluding hydrogens is 258 g/mol. The Hall–Kier alpha value is -1.82. The van der Waals surface area contributed by atoms with Crippen molar-refractivity contribution < 1.29 is 14.6 Å². The van der Waals surface area contributed by atoms with E-state index in [9.17, 15) is 4.79 Å². The maximum Gasteiger partial charge on any atom is 0.341 e. The minimum atomic E-state index is -0.395. The predicted octanol–water partition coefficient (Wildman–Crippen LogP) is 1.05. The van der Waals surface area contributed by atoms with E-state index < -0.39 is 5.97 Å². The van der Waals surface area contributed by atoms with Gasteiger partial charge in [-0.25, -0.2) is 9.78 Å². The Labute approximate surface area is 118 Å². The van der Waals surface area contributed by atoms with Crippen LogP contribution in [0.25, 0.3) is 0 Å². The van der Waals surface area contributed by atoms with Crippen LogP contribution < -0.4 is 10.6 Å². The summed E-state index contributed by atoms with van der Waals surface area (Å²) in [6, 6.07) is 1.61. The number of aromatic nitrogens is 1. The van der Waals surface area contributed by atoms with Gasteiger partial charge in [0, 0.05) is 19.7 Å². The summed E-state index contributed by atoms with van der Waals surface area (Å²) in [4.78, 5) is 18.4. The number of aliphatic hydroxyl groups excluding tert-OH is 1. The number of nitrogens with two attached hydrogens (primary N) is 1. The molecule has 3 N–H and O–H groups in total. The molecule has 1 aliphatic rings. The van der Waals surface area contributed by atoms with Gasteiger partial charge in [0.25, 0.3) is 0 Å². The van der Waals surface area contributed by atoms with Crippen molar-refractivity contribution in [2.24, 2.45) is 5.92 Å². The Morgan fingerprint density at radius 2 is 2.45 bits per heavy atom.